The fourth-order valence-corrected chi connectivity index (χ4v) is 2.78. The molecule has 0 radical (unpaired) electrons. The van der Waals surface area contributed by atoms with E-state index in [-0.39, 0.29) is 40.7 Å². The smallest absolute Gasteiger partial charge is 0.202 e. The lowest BCUT2D eigenvalue weighted by atomic mass is 10.2. The predicted octanol–water partition coefficient (Wildman–Crippen LogP) is 3.00. The third kappa shape index (κ3) is 5.81. The maximum Gasteiger partial charge on any atom is 0.202 e. The van der Waals surface area contributed by atoms with Gasteiger partial charge in [0.1, 0.15) is 11.6 Å². The van der Waals surface area contributed by atoms with Crippen molar-refractivity contribution in [2.45, 2.75) is 0 Å². The van der Waals surface area contributed by atoms with Crippen LogP contribution in [0.2, 0.25) is 0 Å². The molecule has 10 nitrogen and oxygen atoms in total. The molecule has 0 aliphatic rings. The highest BCUT2D eigenvalue weighted by atomic mass is 79.9. The van der Waals surface area contributed by atoms with Gasteiger partial charge in [-0.05, 0) is 68.7 Å². The van der Waals surface area contributed by atoms with Crippen molar-refractivity contribution in [1.29, 1.82) is 0 Å². The van der Waals surface area contributed by atoms with E-state index in [0.717, 1.165) is 0 Å². The van der Waals surface area contributed by atoms with Gasteiger partial charge in [-0.2, -0.15) is 0 Å². The molecule has 0 saturated carbocycles. The zero-order valence-electron chi connectivity index (χ0n) is 15.7. The number of amidine groups is 2. The van der Waals surface area contributed by atoms with Gasteiger partial charge in [0, 0.05) is 12.1 Å². The van der Waals surface area contributed by atoms with Crippen LogP contribution < -0.4 is 16.3 Å². The topological polar surface area (TPSA) is 140 Å². The van der Waals surface area contributed by atoms with Crippen LogP contribution in [0, 0.1) is 11.6 Å². The average Bonchev–Trinajstić information content (AvgIpc) is 3.24. The summed E-state index contributed by atoms with van der Waals surface area (Å²) in [5.74, 6) is -0.634. The van der Waals surface area contributed by atoms with Crippen LogP contribution in [0.4, 0.5) is 20.3 Å². The normalized spacial score (nSPS) is 12.0. The van der Waals surface area contributed by atoms with Crippen LogP contribution in [-0.2, 0) is 0 Å². The SMILES string of the molecule is ONC(=NCCNc1nonc1C(=Nc1ccc(F)c(Br)c1)NO)c1ccc(F)cc1. The molecule has 2 aromatic carbocycles. The van der Waals surface area contributed by atoms with Gasteiger partial charge >= 0.3 is 0 Å². The summed E-state index contributed by atoms with van der Waals surface area (Å²) in [5.41, 5.74) is 4.78. The number of aliphatic imine (C=N–C) groups is 2. The molecule has 0 atom stereocenters. The number of hydrogen-bond acceptors (Lipinski definition) is 8. The van der Waals surface area contributed by atoms with Gasteiger partial charge in [-0.1, -0.05) is 0 Å². The first-order valence-corrected chi connectivity index (χ1v) is 9.52. The molecular weight excluding hydrogens is 480 g/mol. The molecule has 1 aromatic heterocycles. The molecule has 0 saturated heterocycles. The van der Waals surface area contributed by atoms with Gasteiger partial charge in [0.05, 0.1) is 16.7 Å². The summed E-state index contributed by atoms with van der Waals surface area (Å²) < 4.78 is 31.3. The Morgan fingerprint density at radius 3 is 2.45 bits per heavy atom. The standard InChI is InChI=1S/C18H16BrF2N7O3/c19-13-9-12(5-6-14(13)21)24-18(26-30)15-17(28-31-27-15)23-8-7-22-16(25-29)10-1-3-11(20)4-2-10/h1-6,9,29-30H,7-8H2,(H,22,25)(H,23,28)(H,24,26). The van der Waals surface area contributed by atoms with Crippen LogP contribution in [0.1, 0.15) is 11.3 Å². The van der Waals surface area contributed by atoms with Crippen LogP contribution in [0.25, 0.3) is 0 Å². The largest absolute Gasteiger partial charge is 0.363 e. The van der Waals surface area contributed by atoms with E-state index in [2.05, 4.69) is 41.5 Å². The summed E-state index contributed by atoms with van der Waals surface area (Å²) in [4.78, 5) is 8.33. The molecule has 0 amide bonds. The molecule has 1 heterocycles. The number of benzene rings is 2. The molecule has 0 aliphatic heterocycles. The maximum absolute atomic E-state index is 13.4. The van der Waals surface area contributed by atoms with E-state index >= 15 is 0 Å². The van der Waals surface area contributed by atoms with E-state index in [9.17, 15) is 19.2 Å². The van der Waals surface area contributed by atoms with Crippen molar-refractivity contribution in [3.8, 4) is 0 Å². The fraction of sp³-hybridized carbons (Fsp3) is 0.111. The van der Waals surface area contributed by atoms with Crippen molar-refractivity contribution in [2.75, 3.05) is 18.4 Å². The van der Waals surface area contributed by atoms with Crippen molar-refractivity contribution in [3.63, 3.8) is 0 Å². The fourth-order valence-electron chi connectivity index (χ4n) is 2.42. The molecule has 0 spiro atoms. The molecule has 31 heavy (non-hydrogen) atoms. The van der Waals surface area contributed by atoms with Gasteiger partial charge in [0.2, 0.25) is 5.82 Å². The van der Waals surface area contributed by atoms with Crippen LogP contribution in [0.15, 0.2) is 61.6 Å². The molecule has 3 aromatic rings. The summed E-state index contributed by atoms with van der Waals surface area (Å²) >= 11 is 3.06. The Morgan fingerprint density at radius 1 is 1.03 bits per heavy atom. The summed E-state index contributed by atoms with van der Waals surface area (Å²) in [6.45, 7) is 0.435. The van der Waals surface area contributed by atoms with Gasteiger partial charge in [-0.3, -0.25) is 26.4 Å². The van der Waals surface area contributed by atoms with Crippen LogP contribution >= 0.6 is 15.9 Å². The van der Waals surface area contributed by atoms with E-state index in [4.69, 9.17) is 4.63 Å². The third-order valence-electron chi connectivity index (χ3n) is 3.86. The number of hydroxylamine groups is 2. The Bertz CT molecular complexity index is 1090. The average molecular weight is 496 g/mol. The van der Waals surface area contributed by atoms with Crippen molar-refractivity contribution < 1.29 is 23.8 Å². The number of aromatic nitrogens is 2. The molecule has 0 bridgehead atoms. The van der Waals surface area contributed by atoms with E-state index < -0.39 is 11.6 Å². The van der Waals surface area contributed by atoms with E-state index in [0.29, 0.717) is 11.3 Å². The molecule has 0 aliphatic carbocycles. The van der Waals surface area contributed by atoms with Crippen LogP contribution in [0.3, 0.4) is 0 Å². The molecule has 3 rings (SSSR count). The summed E-state index contributed by atoms with van der Waals surface area (Å²) in [6.07, 6.45) is 0. The first-order chi connectivity index (χ1) is 15.0. The first-order valence-electron chi connectivity index (χ1n) is 8.73. The Balaban J connectivity index is 1.68. The highest BCUT2D eigenvalue weighted by Gasteiger charge is 2.16. The zero-order chi connectivity index (χ0) is 22.2. The number of nitrogens with zero attached hydrogens (tertiary/aromatic N) is 4. The third-order valence-corrected chi connectivity index (χ3v) is 4.47. The summed E-state index contributed by atoms with van der Waals surface area (Å²) in [7, 11) is 0. The minimum atomic E-state index is -0.458. The number of anilines is 1. The van der Waals surface area contributed by atoms with Crippen LogP contribution in [-0.4, -0.2) is 45.5 Å². The number of hydrogen-bond donors (Lipinski definition) is 5. The Labute approximate surface area is 182 Å². The lowest BCUT2D eigenvalue weighted by molar-refractivity contribution is 0.234. The Hall–Kier alpha value is -3.42. The second kappa shape index (κ2) is 10.6. The lowest BCUT2D eigenvalue weighted by Gasteiger charge is -2.07. The molecular formula is C18H16BrF2N7O3. The minimum Gasteiger partial charge on any atom is -0.363 e. The predicted molar refractivity (Wildman–Crippen MR) is 111 cm³/mol. The van der Waals surface area contributed by atoms with E-state index in [1.165, 1.54) is 42.5 Å². The summed E-state index contributed by atoms with van der Waals surface area (Å²) in [6, 6.07) is 9.46. The number of nitrogens with one attached hydrogen (secondary N) is 3. The van der Waals surface area contributed by atoms with Gasteiger partial charge < -0.3 is 5.32 Å². The van der Waals surface area contributed by atoms with Crippen molar-refractivity contribution in [1.82, 2.24) is 21.3 Å². The Kier molecular flexibility index (Phi) is 7.59. The minimum absolute atomic E-state index is 0.0750. The quantitative estimate of drug-likeness (QED) is 0.146. The van der Waals surface area contributed by atoms with E-state index in [1.54, 1.807) is 0 Å². The van der Waals surface area contributed by atoms with Crippen molar-refractivity contribution >= 4 is 39.1 Å². The van der Waals surface area contributed by atoms with Gasteiger partial charge in [-0.25, -0.2) is 18.4 Å². The molecule has 0 fully saturated rings. The summed E-state index contributed by atoms with van der Waals surface area (Å²) in [5, 5.41) is 29.0. The number of rotatable bonds is 7. The second-order valence-electron chi connectivity index (χ2n) is 5.91. The monoisotopic (exact) mass is 495 g/mol. The van der Waals surface area contributed by atoms with Crippen molar-refractivity contribution in [3.05, 3.63) is 69.8 Å². The first kappa shape index (κ1) is 22.3. The highest BCUT2D eigenvalue weighted by molar-refractivity contribution is 9.10. The lowest BCUT2D eigenvalue weighted by Crippen LogP contribution is -2.23. The van der Waals surface area contributed by atoms with Gasteiger partial charge in [-0.15, -0.1) is 0 Å². The second-order valence-corrected chi connectivity index (χ2v) is 6.76. The number of halogens is 3. The molecule has 5 N–H and O–H groups in total. The maximum atomic E-state index is 13.4. The molecule has 13 heteroatoms. The van der Waals surface area contributed by atoms with Gasteiger partial charge in [0.15, 0.2) is 17.4 Å². The van der Waals surface area contributed by atoms with Crippen molar-refractivity contribution in [2.24, 2.45) is 9.98 Å². The van der Waals surface area contributed by atoms with Gasteiger partial charge in [0.25, 0.3) is 0 Å². The van der Waals surface area contributed by atoms with E-state index in [1.807, 2.05) is 11.0 Å². The molecule has 162 valence electrons. The highest BCUT2D eigenvalue weighted by Crippen LogP contribution is 2.23. The molecule has 0 unspecified atom stereocenters. The zero-order valence-corrected chi connectivity index (χ0v) is 17.3. The van der Waals surface area contributed by atoms with Crippen LogP contribution in [0.5, 0.6) is 0 Å². The Morgan fingerprint density at radius 2 is 1.77 bits per heavy atom.